The van der Waals surface area contributed by atoms with Crippen LogP contribution in [0.25, 0.3) is 0 Å². The first kappa shape index (κ1) is 21.9. The van der Waals surface area contributed by atoms with Gasteiger partial charge in [-0.1, -0.05) is 64.6 Å². The minimum atomic E-state index is 0.311. The maximum atomic E-state index is 6.49. The van der Waals surface area contributed by atoms with Crippen molar-refractivity contribution in [3.05, 3.63) is 85.8 Å². The van der Waals surface area contributed by atoms with Crippen molar-refractivity contribution in [2.24, 2.45) is 0 Å². The largest absolute Gasteiger partial charge is 0.490 e. The molecule has 152 valence electrons. The molecule has 3 aromatic rings. The van der Waals surface area contributed by atoms with Gasteiger partial charge in [0.2, 0.25) is 0 Å². The first-order valence-electron chi connectivity index (χ1n) is 8.98. The van der Waals surface area contributed by atoms with Crippen LogP contribution in [0.1, 0.15) is 18.1 Å². The standard InChI is InChI=1S/C22H19Cl4NO2/c1-2-28-21-9-15(12-27-20-10-16(23)7-8-18(20)25)19(26)11-22(21)29-13-14-5-3-4-6-17(14)24/h3-11,27H,2,12-13H2,1H3. The highest BCUT2D eigenvalue weighted by atomic mass is 35.5. The number of hydrogen-bond donors (Lipinski definition) is 1. The number of ether oxygens (including phenoxy) is 2. The van der Waals surface area contributed by atoms with Crippen LogP contribution in [0.2, 0.25) is 20.1 Å². The Balaban J connectivity index is 1.78. The van der Waals surface area contributed by atoms with Crippen molar-refractivity contribution in [1.82, 2.24) is 0 Å². The van der Waals surface area contributed by atoms with Gasteiger partial charge in [-0.15, -0.1) is 0 Å². The van der Waals surface area contributed by atoms with Crippen LogP contribution in [-0.2, 0) is 13.2 Å². The molecule has 0 amide bonds. The summed E-state index contributed by atoms with van der Waals surface area (Å²) in [6.07, 6.45) is 0. The van der Waals surface area contributed by atoms with Gasteiger partial charge in [0.05, 0.1) is 17.3 Å². The topological polar surface area (TPSA) is 30.5 Å². The summed E-state index contributed by atoms with van der Waals surface area (Å²) in [5.74, 6) is 1.17. The van der Waals surface area contributed by atoms with Crippen LogP contribution in [0, 0.1) is 0 Å². The van der Waals surface area contributed by atoms with E-state index in [0.29, 0.717) is 51.3 Å². The van der Waals surface area contributed by atoms with Crippen molar-refractivity contribution in [3.63, 3.8) is 0 Å². The number of benzene rings is 3. The molecule has 0 saturated carbocycles. The molecule has 3 nitrogen and oxygen atoms in total. The molecule has 7 heteroatoms. The van der Waals surface area contributed by atoms with E-state index in [-0.39, 0.29) is 0 Å². The average Bonchev–Trinajstić information content (AvgIpc) is 2.70. The van der Waals surface area contributed by atoms with Gasteiger partial charge in [-0.3, -0.25) is 0 Å². The van der Waals surface area contributed by atoms with Crippen molar-refractivity contribution in [2.75, 3.05) is 11.9 Å². The zero-order valence-electron chi connectivity index (χ0n) is 15.6. The van der Waals surface area contributed by atoms with E-state index in [0.717, 1.165) is 16.8 Å². The fourth-order valence-corrected chi connectivity index (χ4v) is 3.46. The van der Waals surface area contributed by atoms with Crippen LogP contribution in [0.5, 0.6) is 11.5 Å². The van der Waals surface area contributed by atoms with Gasteiger partial charge in [0, 0.05) is 33.2 Å². The smallest absolute Gasteiger partial charge is 0.163 e. The second kappa shape index (κ2) is 10.3. The van der Waals surface area contributed by atoms with Gasteiger partial charge < -0.3 is 14.8 Å². The molecule has 0 bridgehead atoms. The highest BCUT2D eigenvalue weighted by Gasteiger charge is 2.13. The molecule has 0 aliphatic heterocycles. The molecule has 29 heavy (non-hydrogen) atoms. The summed E-state index contributed by atoms with van der Waals surface area (Å²) in [5, 5.41) is 5.63. The quantitative estimate of drug-likeness (QED) is 0.363. The molecule has 1 N–H and O–H groups in total. The average molecular weight is 471 g/mol. The Morgan fingerprint density at radius 3 is 2.28 bits per heavy atom. The Labute approximate surface area is 190 Å². The molecule has 0 radical (unpaired) electrons. The molecule has 0 heterocycles. The van der Waals surface area contributed by atoms with E-state index in [1.165, 1.54) is 0 Å². The van der Waals surface area contributed by atoms with E-state index in [2.05, 4.69) is 5.32 Å². The molecule has 0 fully saturated rings. The molecular formula is C22H19Cl4NO2. The maximum absolute atomic E-state index is 6.49. The van der Waals surface area contributed by atoms with Gasteiger partial charge in [0.1, 0.15) is 6.61 Å². The third-order valence-corrected chi connectivity index (χ3v) is 5.44. The van der Waals surface area contributed by atoms with Crippen LogP contribution in [-0.4, -0.2) is 6.61 Å². The van der Waals surface area contributed by atoms with Gasteiger partial charge in [0.25, 0.3) is 0 Å². The van der Waals surface area contributed by atoms with Crippen molar-refractivity contribution >= 4 is 52.1 Å². The number of anilines is 1. The molecule has 0 aliphatic rings. The molecule has 0 spiro atoms. The fourth-order valence-electron chi connectivity index (χ4n) is 2.69. The van der Waals surface area contributed by atoms with Gasteiger partial charge in [-0.2, -0.15) is 0 Å². The number of rotatable bonds is 8. The predicted molar refractivity (Wildman–Crippen MR) is 122 cm³/mol. The maximum Gasteiger partial charge on any atom is 0.163 e. The summed E-state index contributed by atoms with van der Waals surface area (Å²) in [7, 11) is 0. The molecular weight excluding hydrogens is 452 g/mol. The lowest BCUT2D eigenvalue weighted by Gasteiger charge is -2.16. The Morgan fingerprint density at radius 1 is 0.759 bits per heavy atom. The van der Waals surface area contributed by atoms with Gasteiger partial charge in [-0.05, 0) is 42.8 Å². The van der Waals surface area contributed by atoms with Gasteiger partial charge in [0.15, 0.2) is 11.5 Å². The van der Waals surface area contributed by atoms with Crippen molar-refractivity contribution in [1.29, 1.82) is 0 Å². The minimum Gasteiger partial charge on any atom is -0.490 e. The summed E-state index contributed by atoms with van der Waals surface area (Å²) in [4.78, 5) is 0. The van der Waals surface area contributed by atoms with E-state index in [1.807, 2.05) is 37.3 Å². The normalized spacial score (nSPS) is 10.7. The zero-order chi connectivity index (χ0) is 20.8. The lowest BCUT2D eigenvalue weighted by molar-refractivity contribution is 0.269. The third-order valence-electron chi connectivity index (χ3n) is 4.15. The lowest BCUT2D eigenvalue weighted by Crippen LogP contribution is -2.04. The SMILES string of the molecule is CCOc1cc(CNc2cc(Cl)ccc2Cl)c(Cl)cc1OCc1ccccc1Cl. The first-order valence-corrected chi connectivity index (χ1v) is 10.5. The summed E-state index contributed by atoms with van der Waals surface area (Å²) < 4.78 is 11.7. The summed E-state index contributed by atoms with van der Waals surface area (Å²) >= 11 is 25.0. The minimum absolute atomic E-state index is 0.311. The second-order valence-corrected chi connectivity index (χ2v) is 7.84. The van der Waals surface area contributed by atoms with E-state index in [1.54, 1.807) is 24.3 Å². The van der Waals surface area contributed by atoms with Crippen LogP contribution in [0.4, 0.5) is 5.69 Å². The highest BCUT2D eigenvalue weighted by molar-refractivity contribution is 6.35. The molecule has 0 aromatic heterocycles. The van der Waals surface area contributed by atoms with E-state index < -0.39 is 0 Å². The molecule has 0 saturated heterocycles. The summed E-state index contributed by atoms with van der Waals surface area (Å²) in [6, 6.07) is 16.4. The Bertz CT molecular complexity index is 995. The highest BCUT2D eigenvalue weighted by Crippen LogP contribution is 2.35. The molecule has 3 aromatic carbocycles. The third kappa shape index (κ3) is 5.86. The monoisotopic (exact) mass is 469 g/mol. The van der Waals surface area contributed by atoms with E-state index >= 15 is 0 Å². The van der Waals surface area contributed by atoms with E-state index in [4.69, 9.17) is 55.9 Å². The van der Waals surface area contributed by atoms with Crippen molar-refractivity contribution in [2.45, 2.75) is 20.1 Å². The Morgan fingerprint density at radius 2 is 1.52 bits per heavy atom. The number of nitrogens with one attached hydrogen (secondary N) is 1. The fraction of sp³-hybridized carbons (Fsp3) is 0.182. The van der Waals surface area contributed by atoms with Crippen LogP contribution < -0.4 is 14.8 Å². The van der Waals surface area contributed by atoms with Crippen LogP contribution in [0.3, 0.4) is 0 Å². The van der Waals surface area contributed by atoms with Crippen LogP contribution in [0.15, 0.2) is 54.6 Å². The molecule has 0 atom stereocenters. The lowest BCUT2D eigenvalue weighted by atomic mass is 10.2. The first-order chi connectivity index (χ1) is 14.0. The van der Waals surface area contributed by atoms with Crippen molar-refractivity contribution < 1.29 is 9.47 Å². The Kier molecular flexibility index (Phi) is 7.79. The Hall–Kier alpha value is -1.78. The van der Waals surface area contributed by atoms with Gasteiger partial charge >= 0.3 is 0 Å². The summed E-state index contributed by atoms with van der Waals surface area (Å²) in [6.45, 7) is 3.17. The molecule has 0 unspecified atom stereocenters. The van der Waals surface area contributed by atoms with Crippen LogP contribution >= 0.6 is 46.4 Å². The second-order valence-electron chi connectivity index (χ2n) is 6.18. The number of halogens is 4. The van der Waals surface area contributed by atoms with Crippen molar-refractivity contribution in [3.8, 4) is 11.5 Å². The summed E-state index contributed by atoms with van der Waals surface area (Å²) in [5.41, 5.74) is 2.46. The molecule has 0 aliphatic carbocycles. The predicted octanol–water partition coefficient (Wildman–Crippen LogP) is 7.89. The van der Waals surface area contributed by atoms with Gasteiger partial charge in [-0.25, -0.2) is 0 Å². The van der Waals surface area contributed by atoms with E-state index in [9.17, 15) is 0 Å². The molecule has 3 rings (SSSR count). The zero-order valence-corrected chi connectivity index (χ0v) is 18.7. The number of hydrogen-bond acceptors (Lipinski definition) is 3.